The Labute approximate surface area is 176 Å². The van der Waals surface area contributed by atoms with Crippen molar-refractivity contribution in [2.75, 3.05) is 17.6 Å². The molecule has 0 heterocycles. The summed E-state index contributed by atoms with van der Waals surface area (Å²) >= 11 is 0. The van der Waals surface area contributed by atoms with Crippen LogP contribution in [0.15, 0.2) is 54.6 Å². The molecule has 0 amide bonds. The molecule has 0 saturated carbocycles. The molecule has 0 saturated heterocycles. The first kappa shape index (κ1) is 20.1. The maximum Gasteiger partial charge on any atom is 0.149 e. The van der Waals surface area contributed by atoms with Crippen molar-refractivity contribution in [2.24, 2.45) is 0 Å². The second-order valence-corrected chi connectivity index (χ2v) is 7.83. The number of fused-ring (bicyclic) bond motifs is 1. The van der Waals surface area contributed by atoms with E-state index in [1.54, 1.807) is 0 Å². The molecule has 0 atom stereocenters. The number of nitrogen functional groups attached to an aromatic ring is 1. The predicted molar refractivity (Wildman–Crippen MR) is 121 cm³/mol. The highest BCUT2D eigenvalue weighted by atomic mass is 19.1. The summed E-state index contributed by atoms with van der Waals surface area (Å²) in [6, 6.07) is 17.1. The van der Waals surface area contributed by atoms with E-state index in [0.717, 1.165) is 47.2 Å². The van der Waals surface area contributed by atoms with Crippen LogP contribution in [0.2, 0.25) is 0 Å². The van der Waals surface area contributed by atoms with E-state index in [1.807, 2.05) is 32.0 Å². The number of aryl methyl sites for hydroxylation is 2. The largest absolute Gasteiger partial charge is 0.399 e. The summed E-state index contributed by atoms with van der Waals surface area (Å²) in [5.74, 6) is -1.13. The fourth-order valence-electron chi connectivity index (χ4n) is 4.24. The van der Waals surface area contributed by atoms with E-state index in [-0.39, 0.29) is 5.69 Å². The van der Waals surface area contributed by atoms with Crippen molar-refractivity contribution in [1.29, 1.82) is 0 Å². The van der Waals surface area contributed by atoms with Gasteiger partial charge in [-0.15, -0.1) is 0 Å². The van der Waals surface area contributed by atoms with Crippen LogP contribution in [-0.2, 0) is 6.42 Å². The Morgan fingerprint density at radius 3 is 2.27 bits per heavy atom. The number of hydrogen-bond acceptors (Lipinski definition) is 2. The first-order valence-electron chi connectivity index (χ1n) is 10.4. The van der Waals surface area contributed by atoms with Gasteiger partial charge in [-0.25, -0.2) is 8.78 Å². The predicted octanol–water partition coefficient (Wildman–Crippen LogP) is 6.58. The van der Waals surface area contributed by atoms with Crippen LogP contribution in [0.5, 0.6) is 0 Å². The molecular weight excluding hydrogens is 378 g/mol. The molecule has 154 valence electrons. The number of anilines is 2. The Kier molecular flexibility index (Phi) is 5.58. The minimum atomic E-state index is -0.565. The van der Waals surface area contributed by atoms with E-state index in [4.69, 9.17) is 5.73 Å². The van der Waals surface area contributed by atoms with Crippen molar-refractivity contribution in [2.45, 2.75) is 33.1 Å². The minimum absolute atomic E-state index is 0.0690. The summed E-state index contributed by atoms with van der Waals surface area (Å²) in [5, 5.41) is 2.78. The molecule has 0 fully saturated rings. The Balaban J connectivity index is 1.98. The molecule has 30 heavy (non-hydrogen) atoms. The molecule has 1 aliphatic carbocycles. The molecule has 0 radical (unpaired) electrons. The first-order chi connectivity index (χ1) is 14.5. The van der Waals surface area contributed by atoms with Crippen molar-refractivity contribution in [1.82, 2.24) is 0 Å². The van der Waals surface area contributed by atoms with Crippen molar-refractivity contribution in [3.8, 4) is 0 Å². The molecule has 0 bridgehead atoms. The molecule has 4 rings (SSSR count). The van der Waals surface area contributed by atoms with Crippen LogP contribution in [0.1, 0.15) is 47.6 Å². The zero-order valence-corrected chi connectivity index (χ0v) is 17.4. The molecule has 3 aromatic carbocycles. The van der Waals surface area contributed by atoms with E-state index in [0.29, 0.717) is 12.1 Å². The highest BCUT2D eigenvalue weighted by Crippen LogP contribution is 2.41. The van der Waals surface area contributed by atoms with Gasteiger partial charge in [-0.3, -0.25) is 0 Å². The molecular formula is C26H26F2N2. The van der Waals surface area contributed by atoms with E-state index >= 15 is 0 Å². The van der Waals surface area contributed by atoms with Gasteiger partial charge in [0.05, 0.1) is 0 Å². The van der Waals surface area contributed by atoms with Crippen molar-refractivity contribution in [3.05, 3.63) is 94.0 Å². The fraction of sp³-hybridized carbons (Fsp3) is 0.231. The lowest BCUT2D eigenvalue weighted by Gasteiger charge is -2.18. The number of nitrogens with one attached hydrogen (secondary N) is 1. The molecule has 0 unspecified atom stereocenters. The van der Waals surface area contributed by atoms with Gasteiger partial charge < -0.3 is 11.1 Å². The minimum Gasteiger partial charge on any atom is -0.399 e. The Bertz CT molecular complexity index is 1090. The van der Waals surface area contributed by atoms with Crippen LogP contribution in [0.3, 0.4) is 0 Å². The molecule has 0 spiro atoms. The molecule has 0 aliphatic heterocycles. The zero-order valence-electron chi connectivity index (χ0n) is 17.4. The average molecular weight is 405 g/mol. The lowest BCUT2D eigenvalue weighted by molar-refractivity contribution is 0.587. The summed E-state index contributed by atoms with van der Waals surface area (Å²) in [4.78, 5) is 0. The topological polar surface area (TPSA) is 38.0 Å². The average Bonchev–Trinajstić information content (AvgIpc) is 2.90. The lowest BCUT2D eigenvalue weighted by Crippen LogP contribution is -2.04. The van der Waals surface area contributed by atoms with Crippen LogP contribution >= 0.6 is 0 Å². The monoisotopic (exact) mass is 404 g/mol. The lowest BCUT2D eigenvalue weighted by atomic mass is 9.87. The van der Waals surface area contributed by atoms with Crippen molar-refractivity contribution < 1.29 is 8.78 Å². The highest BCUT2D eigenvalue weighted by molar-refractivity contribution is 6.00. The summed E-state index contributed by atoms with van der Waals surface area (Å²) < 4.78 is 29.5. The van der Waals surface area contributed by atoms with Gasteiger partial charge in [0.25, 0.3) is 0 Å². The number of hydrogen-bond donors (Lipinski definition) is 2. The normalized spacial score (nSPS) is 13.7. The SMILES string of the molecule is CCNc1c(F)cc(C2=C(c3ccc(C)cc3)c3ccc(N)cc3CCC2)cc1F. The zero-order chi connectivity index (χ0) is 21.3. The van der Waals surface area contributed by atoms with Gasteiger partial charge in [0.15, 0.2) is 0 Å². The second-order valence-electron chi connectivity index (χ2n) is 7.83. The third-order valence-electron chi connectivity index (χ3n) is 5.66. The Morgan fingerprint density at radius 1 is 0.900 bits per heavy atom. The van der Waals surface area contributed by atoms with Crippen molar-refractivity contribution in [3.63, 3.8) is 0 Å². The quantitative estimate of drug-likeness (QED) is 0.482. The highest BCUT2D eigenvalue weighted by Gasteiger charge is 2.22. The third-order valence-corrected chi connectivity index (χ3v) is 5.66. The first-order valence-corrected chi connectivity index (χ1v) is 10.4. The van der Waals surface area contributed by atoms with Gasteiger partial charge in [-0.1, -0.05) is 35.9 Å². The summed E-state index contributed by atoms with van der Waals surface area (Å²) in [6.45, 7) is 4.32. The van der Waals surface area contributed by atoms with E-state index in [1.165, 1.54) is 23.3 Å². The van der Waals surface area contributed by atoms with Crippen LogP contribution in [0.4, 0.5) is 20.2 Å². The molecule has 0 aromatic heterocycles. The molecule has 2 nitrogen and oxygen atoms in total. The smallest absolute Gasteiger partial charge is 0.149 e. The Morgan fingerprint density at radius 2 is 1.60 bits per heavy atom. The maximum atomic E-state index is 14.7. The molecule has 3 aromatic rings. The van der Waals surface area contributed by atoms with Gasteiger partial charge in [0.1, 0.15) is 17.3 Å². The van der Waals surface area contributed by atoms with Gasteiger partial charge in [0.2, 0.25) is 0 Å². The van der Waals surface area contributed by atoms with Gasteiger partial charge in [-0.2, -0.15) is 0 Å². The fourth-order valence-corrected chi connectivity index (χ4v) is 4.24. The third kappa shape index (κ3) is 3.82. The molecule has 4 heteroatoms. The standard InChI is InChI=1S/C26H26F2N2/c1-3-30-26-23(27)14-19(15-24(26)28)21-6-4-5-18-13-20(29)11-12-22(18)25(21)17-9-7-16(2)8-10-17/h7-15,30H,3-6,29H2,1-2H3. The van der Waals surface area contributed by atoms with Gasteiger partial charge in [0, 0.05) is 12.2 Å². The number of allylic oxidation sites excluding steroid dienone is 1. The summed E-state index contributed by atoms with van der Waals surface area (Å²) in [5.41, 5.74) is 13.7. The van der Waals surface area contributed by atoms with Gasteiger partial charge in [-0.05, 0) is 90.8 Å². The van der Waals surface area contributed by atoms with E-state index in [9.17, 15) is 8.78 Å². The number of nitrogens with two attached hydrogens (primary N) is 1. The number of halogens is 2. The second kappa shape index (κ2) is 8.31. The molecule has 3 N–H and O–H groups in total. The maximum absolute atomic E-state index is 14.7. The number of rotatable bonds is 4. The van der Waals surface area contributed by atoms with E-state index < -0.39 is 11.6 Å². The number of benzene rings is 3. The van der Waals surface area contributed by atoms with Crippen LogP contribution in [0, 0.1) is 18.6 Å². The van der Waals surface area contributed by atoms with Crippen LogP contribution < -0.4 is 11.1 Å². The van der Waals surface area contributed by atoms with Crippen LogP contribution in [-0.4, -0.2) is 6.54 Å². The molecule has 1 aliphatic rings. The summed E-state index contributed by atoms with van der Waals surface area (Å²) in [6.07, 6.45) is 2.50. The Hall–Kier alpha value is -3.14. The van der Waals surface area contributed by atoms with Crippen LogP contribution in [0.25, 0.3) is 11.1 Å². The van der Waals surface area contributed by atoms with E-state index in [2.05, 4.69) is 29.6 Å². The summed E-state index contributed by atoms with van der Waals surface area (Å²) in [7, 11) is 0. The van der Waals surface area contributed by atoms with Gasteiger partial charge >= 0.3 is 0 Å². The van der Waals surface area contributed by atoms with Crippen molar-refractivity contribution >= 4 is 22.5 Å².